The van der Waals surface area contributed by atoms with Crippen LogP contribution in [0.15, 0.2) is 24.3 Å². The summed E-state index contributed by atoms with van der Waals surface area (Å²) in [5, 5.41) is 0. The number of amides is 1. The van der Waals surface area contributed by atoms with E-state index in [0.717, 1.165) is 37.5 Å². The van der Waals surface area contributed by atoms with Gasteiger partial charge in [-0.05, 0) is 94.5 Å². The molecule has 3 aliphatic rings. The number of likely N-dealkylation sites (tertiary alicyclic amines) is 2. The van der Waals surface area contributed by atoms with Crippen LogP contribution in [0.4, 0.5) is 0 Å². The van der Waals surface area contributed by atoms with Gasteiger partial charge in [0.15, 0.2) is 0 Å². The van der Waals surface area contributed by atoms with Crippen molar-refractivity contribution in [3.05, 3.63) is 35.4 Å². The molecule has 2 heterocycles. The van der Waals surface area contributed by atoms with E-state index in [1.165, 1.54) is 63.6 Å². The van der Waals surface area contributed by atoms with Crippen LogP contribution in [0.1, 0.15) is 79.6 Å². The fourth-order valence-corrected chi connectivity index (χ4v) is 5.06. The van der Waals surface area contributed by atoms with Gasteiger partial charge in [-0.3, -0.25) is 4.79 Å². The summed E-state index contributed by atoms with van der Waals surface area (Å²) in [6.07, 6.45) is 11.7. The van der Waals surface area contributed by atoms with E-state index in [0.29, 0.717) is 5.92 Å². The van der Waals surface area contributed by atoms with Crippen molar-refractivity contribution >= 4 is 5.91 Å². The van der Waals surface area contributed by atoms with Crippen LogP contribution in [0, 0.1) is 0 Å². The highest BCUT2D eigenvalue weighted by Gasteiger charge is 2.28. The molecular formula is C22H32N2O. The molecule has 1 aromatic rings. The Labute approximate surface area is 152 Å². The molecule has 0 atom stereocenters. The number of piperidine rings is 1. The van der Waals surface area contributed by atoms with Crippen molar-refractivity contribution < 1.29 is 4.79 Å². The number of hydrogen-bond donors (Lipinski definition) is 0. The maximum Gasteiger partial charge on any atom is 0.253 e. The van der Waals surface area contributed by atoms with Crippen molar-refractivity contribution in [2.45, 2.75) is 69.7 Å². The molecule has 0 spiro atoms. The first kappa shape index (κ1) is 17.1. The molecule has 2 aliphatic heterocycles. The number of hydrogen-bond acceptors (Lipinski definition) is 2. The van der Waals surface area contributed by atoms with E-state index in [9.17, 15) is 4.79 Å². The van der Waals surface area contributed by atoms with Gasteiger partial charge in [0.25, 0.3) is 5.91 Å². The van der Waals surface area contributed by atoms with E-state index in [2.05, 4.69) is 29.2 Å². The second kappa shape index (κ2) is 7.90. The first-order valence-electron chi connectivity index (χ1n) is 10.4. The van der Waals surface area contributed by atoms with Gasteiger partial charge in [-0.2, -0.15) is 0 Å². The van der Waals surface area contributed by atoms with E-state index >= 15 is 0 Å². The highest BCUT2D eigenvalue weighted by atomic mass is 16.2. The van der Waals surface area contributed by atoms with Crippen molar-refractivity contribution in [3.8, 4) is 0 Å². The predicted octanol–water partition coefficient (Wildman–Crippen LogP) is 4.43. The third-order valence-electron chi connectivity index (χ3n) is 6.63. The Balaban J connectivity index is 1.33. The molecule has 136 valence electrons. The summed E-state index contributed by atoms with van der Waals surface area (Å²) < 4.78 is 0. The minimum absolute atomic E-state index is 0.226. The lowest BCUT2D eigenvalue weighted by atomic mass is 9.81. The largest absolute Gasteiger partial charge is 0.339 e. The summed E-state index contributed by atoms with van der Waals surface area (Å²) in [7, 11) is 0. The maximum atomic E-state index is 12.6. The van der Waals surface area contributed by atoms with E-state index in [1.54, 1.807) is 0 Å². The molecule has 2 saturated heterocycles. The van der Waals surface area contributed by atoms with Crippen molar-refractivity contribution in [2.75, 3.05) is 26.2 Å². The Bertz CT molecular complexity index is 562. The minimum Gasteiger partial charge on any atom is -0.339 e. The van der Waals surface area contributed by atoms with Crippen LogP contribution in [-0.2, 0) is 0 Å². The maximum absolute atomic E-state index is 12.6. The molecule has 0 N–H and O–H groups in total. The Morgan fingerprint density at radius 3 is 2.00 bits per heavy atom. The average molecular weight is 341 g/mol. The van der Waals surface area contributed by atoms with Crippen LogP contribution in [0.2, 0.25) is 0 Å². The molecule has 1 amide bonds. The molecule has 1 saturated carbocycles. The average Bonchev–Trinajstić information content (AvgIpc) is 3.23. The summed E-state index contributed by atoms with van der Waals surface area (Å²) in [4.78, 5) is 17.3. The fourth-order valence-electron chi connectivity index (χ4n) is 5.06. The van der Waals surface area contributed by atoms with Gasteiger partial charge in [-0.25, -0.2) is 0 Å². The van der Waals surface area contributed by atoms with Gasteiger partial charge < -0.3 is 9.80 Å². The summed E-state index contributed by atoms with van der Waals surface area (Å²) in [6.45, 7) is 4.51. The van der Waals surface area contributed by atoms with E-state index in [4.69, 9.17) is 0 Å². The Morgan fingerprint density at radius 2 is 1.36 bits per heavy atom. The summed E-state index contributed by atoms with van der Waals surface area (Å²) in [6, 6.07) is 9.41. The van der Waals surface area contributed by atoms with Crippen LogP contribution in [0.3, 0.4) is 0 Å². The zero-order valence-electron chi connectivity index (χ0n) is 15.5. The Morgan fingerprint density at radius 1 is 0.760 bits per heavy atom. The smallest absolute Gasteiger partial charge is 0.253 e. The summed E-state index contributed by atoms with van der Waals surface area (Å²) >= 11 is 0. The highest BCUT2D eigenvalue weighted by Crippen LogP contribution is 2.35. The van der Waals surface area contributed by atoms with Crippen LogP contribution >= 0.6 is 0 Å². The van der Waals surface area contributed by atoms with Crippen LogP contribution < -0.4 is 0 Å². The summed E-state index contributed by atoms with van der Waals surface area (Å²) in [5.74, 6) is 0.919. The second-order valence-electron chi connectivity index (χ2n) is 8.22. The van der Waals surface area contributed by atoms with Gasteiger partial charge in [-0.1, -0.05) is 12.1 Å². The molecule has 1 aromatic carbocycles. The normalized spacial score (nSPS) is 28.2. The third kappa shape index (κ3) is 3.92. The van der Waals surface area contributed by atoms with Crippen molar-refractivity contribution in [3.63, 3.8) is 0 Å². The molecule has 4 rings (SSSR count). The molecular weight excluding hydrogens is 308 g/mol. The minimum atomic E-state index is 0.226. The van der Waals surface area contributed by atoms with Crippen molar-refractivity contribution in [1.29, 1.82) is 0 Å². The van der Waals surface area contributed by atoms with E-state index in [-0.39, 0.29) is 5.91 Å². The molecule has 3 nitrogen and oxygen atoms in total. The number of carbonyl (C=O) groups is 1. The number of nitrogens with zero attached hydrogens (tertiary/aromatic N) is 2. The van der Waals surface area contributed by atoms with E-state index in [1.807, 2.05) is 4.90 Å². The van der Waals surface area contributed by atoms with Crippen molar-refractivity contribution in [1.82, 2.24) is 9.80 Å². The lowest BCUT2D eigenvalue weighted by Crippen LogP contribution is -2.36. The molecule has 0 unspecified atom stereocenters. The fraction of sp³-hybridized carbons (Fsp3) is 0.682. The van der Waals surface area contributed by atoms with Crippen LogP contribution in [0.5, 0.6) is 0 Å². The standard InChI is InChI=1S/C22H32N2O/c25-22(24-16-2-1-3-17-24)20-8-6-18(7-9-20)19-10-12-21(13-11-19)23-14-4-5-15-23/h6-9,19,21H,1-5,10-17H2. The molecule has 0 bridgehead atoms. The molecule has 25 heavy (non-hydrogen) atoms. The molecule has 0 radical (unpaired) electrons. The first-order valence-corrected chi connectivity index (χ1v) is 10.4. The Hall–Kier alpha value is -1.35. The van der Waals surface area contributed by atoms with E-state index < -0.39 is 0 Å². The number of rotatable bonds is 3. The molecule has 3 heteroatoms. The molecule has 3 fully saturated rings. The quantitative estimate of drug-likeness (QED) is 0.812. The first-order chi connectivity index (χ1) is 12.3. The van der Waals surface area contributed by atoms with Gasteiger partial charge in [0.1, 0.15) is 0 Å². The zero-order valence-corrected chi connectivity index (χ0v) is 15.5. The Kier molecular flexibility index (Phi) is 5.40. The lowest BCUT2D eigenvalue weighted by molar-refractivity contribution is 0.0724. The lowest BCUT2D eigenvalue weighted by Gasteiger charge is -2.34. The SMILES string of the molecule is O=C(c1ccc(C2CCC(N3CCCC3)CC2)cc1)N1CCCCC1. The monoisotopic (exact) mass is 340 g/mol. The van der Waals surface area contributed by atoms with Crippen molar-refractivity contribution in [2.24, 2.45) is 0 Å². The van der Waals surface area contributed by atoms with Gasteiger partial charge in [-0.15, -0.1) is 0 Å². The number of benzene rings is 1. The molecule has 0 aromatic heterocycles. The molecule has 1 aliphatic carbocycles. The van der Waals surface area contributed by atoms with Crippen LogP contribution in [0.25, 0.3) is 0 Å². The van der Waals surface area contributed by atoms with Gasteiger partial charge >= 0.3 is 0 Å². The van der Waals surface area contributed by atoms with Gasteiger partial charge in [0.2, 0.25) is 0 Å². The predicted molar refractivity (Wildman–Crippen MR) is 102 cm³/mol. The van der Waals surface area contributed by atoms with Gasteiger partial charge in [0, 0.05) is 24.7 Å². The number of carbonyl (C=O) groups excluding carboxylic acids is 1. The zero-order chi connectivity index (χ0) is 17.1. The highest BCUT2D eigenvalue weighted by molar-refractivity contribution is 5.94. The van der Waals surface area contributed by atoms with Gasteiger partial charge in [0.05, 0.1) is 0 Å². The summed E-state index contributed by atoms with van der Waals surface area (Å²) in [5.41, 5.74) is 2.31. The van der Waals surface area contributed by atoms with Crippen LogP contribution in [-0.4, -0.2) is 47.9 Å². The second-order valence-corrected chi connectivity index (χ2v) is 8.22. The topological polar surface area (TPSA) is 23.6 Å². The third-order valence-corrected chi connectivity index (χ3v) is 6.63.